The Labute approximate surface area is 125 Å². The highest BCUT2D eigenvalue weighted by Gasteiger charge is 2.07. The molecule has 0 radical (unpaired) electrons. The molecule has 0 bridgehead atoms. The minimum atomic E-state index is 0.741. The van der Waals surface area contributed by atoms with Crippen LogP contribution < -0.4 is 0 Å². The van der Waals surface area contributed by atoms with Gasteiger partial charge in [-0.1, -0.05) is 57.9 Å². The number of alkyl halides is 1. The molecule has 0 N–H and O–H groups in total. The number of benzene rings is 2. The van der Waals surface area contributed by atoms with E-state index in [1.807, 2.05) is 30.5 Å². The van der Waals surface area contributed by atoms with Gasteiger partial charge in [0.15, 0.2) is 0 Å². The van der Waals surface area contributed by atoms with Crippen molar-refractivity contribution in [3.63, 3.8) is 0 Å². The first kappa shape index (κ1) is 12.6. The number of fused-ring (bicyclic) bond motifs is 1. The lowest BCUT2D eigenvalue weighted by atomic mass is 10.0. The fraction of sp³-hybridized carbons (Fsp3) is 0.0625. The molecular weight excluding hydrogens is 322 g/mol. The van der Waals surface area contributed by atoms with Gasteiger partial charge in [0, 0.05) is 27.5 Å². The van der Waals surface area contributed by atoms with Crippen LogP contribution in [0.4, 0.5) is 0 Å². The van der Waals surface area contributed by atoms with Crippen LogP contribution in [0.2, 0.25) is 5.02 Å². The standard InChI is InChI=1S/C16H11BrClN/c17-10-12-2-1-3-15-14(12)8-9-19-16(15)11-4-6-13(18)7-5-11/h1-9H,10H2. The number of aromatic nitrogens is 1. The number of pyridine rings is 1. The van der Waals surface area contributed by atoms with E-state index in [2.05, 4.69) is 45.2 Å². The Kier molecular flexibility index (Phi) is 3.54. The van der Waals surface area contributed by atoms with Crippen LogP contribution in [0, 0.1) is 0 Å². The van der Waals surface area contributed by atoms with Crippen molar-refractivity contribution in [2.24, 2.45) is 0 Å². The summed E-state index contributed by atoms with van der Waals surface area (Å²) < 4.78 is 0. The summed E-state index contributed by atoms with van der Waals surface area (Å²) in [5.74, 6) is 0. The smallest absolute Gasteiger partial charge is 0.0780 e. The predicted molar refractivity (Wildman–Crippen MR) is 84.8 cm³/mol. The van der Waals surface area contributed by atoms with Crippen molar-refractivity contribution >= 4 is 38.3 Å². The van der Waals surface area contributed by atoms with E-state index < -0.39 is 0 Å². The van der Waals surface area contributed by atoms with E-state index in [9.17, 15) is 0 Å². The zero-order chi connectivity index (χ0) is 13.2. The summed E-state index contributed by atoms with van der Waals surface area (Å²) in [6.07, 6.45) is 1.86. The lowest BCUT2D eigenvalue weighted by Crippen LogP contribution is -1.88. The van der Waals surface area contributed by atoms with Crippen LogP contribution in [0.15, 0.2) is 54.7 Å². The third-order valence-corrected chi connectivity index (χ3v) is 4.01. The predicted octanol–water partition coefficient (Wildman–Crippen LogP) is 5.45. The normalized spacial score (nSPS) is 10.8. The van der Waals surface area contributed by atoms with E-state index in [-0.39, 0.29) is 0 Å². The molecule has 3 rings (SSSR count). The van der Waals surface area contributed by atoms with E-state index in [1.165, 1.54) is 16.3 Å². The average molecular weight is 333 g/mol. The summed E-state index contributed by atoms with van der Waals surface area (Å²) in [6.45, 7) is 0. The van der Waals surface area contributed by atoms with Gasteiger partial charge in [-0.25, -0.2) is 0 Å². The van der Waals surface area contributed by atoms with Gasteiger partial charge in [-0.2, -0.15) is 0 Å². The van der Waals surface area contributed by atoms with Gasteiger partial charge >= 0.3 is 0 Å². The van der Waals surface area contributed by atoms with Crippen molar-refractivity contribution in [2.75, 3.05) is 0 Å². The lowest BCUT2D eigenvalue weighted by molar-refractivity contribution is 1.35. The highest BCUT2D eigenvalue weighted by Crippen LogP contribution is 2.29. The van der Waals surface area contributed by atoms with Crippen LogP contribution in [0.1, 0.15) is 5.56 Å². The molecule has 0 saturated carbocycles. The van der Waals surface area contributed by atoms with Crippen molar-refractivity contribution in [3.8, 4) is 11.3 Å². The van der Waals surface area contributed by atoms with Gasteiger partial charge in [-0.3, -0.25) is 4.98 Å². The largest absolute Gasteiger partial charge is 0.256 e. The van der Waals surface area contributed by atoms with E-state index in [4.69, 9.17) is 11.6 Å². The van der Waals surface area contributed by atoms with E-state index in [1.54, 1.807) is 0 Å². The van der Waals surface area contributed by atoms with Crippen LogP contribution >= 0.6 is 27.5 Å². The fourth-order valence-electron chi connectivity index (χ4n) is 2.23. The van der Waals surface area contributed by atoms with E-state index in [0.717, 1.165) is 21.6 Å². The molecule has 0 amide bonds. The average Bonchev–Trinajstić information content (AvgIpc) is 2.47. The van der Waals surface area contributed by atoms with Crippen molar-refractivity contribution in [1.29, 1.82) is 0 Å². The maximum atomic E-state index is 5.94. The molecule has 0 atom stereocenters. The van der Waals surface area contributed by atoms with Gasteiger partial charge in [-0.05, 0) is 29.1 Å². The molecule has 94 valence electrons. The summed E-state index contributed by atoms with van der Waals surface area (Å²) in [5.41, 5.74) is 3.36. The van der Waals surface area contributed by atoms with Crippen molar-refractivity contribution < 1.29 is 0 Å². The Morgan fingerprint density at radius 3 is 2.47 bits per heavy atom. The molecule has 0 aliphatic carbocycles. The second-order valence-electron chi connectivity index (χ2n) is 4.31. The SMILES string of the molecule is Clc1ccc(-c2nccc3c(CBr)cccc23)cc1. The summed E-state index contributed by atoms with van der Waals surface area (Å²) in [6, 6.07) is 16.2. The Morgan fingerprint density at radius 2 is 1.74 bits per heavy atom. The van der Waals surface area contributed by atoms with Crippen LogP contribution in [0.5, 0.6) is 0 Å². The number of nitrogens with zero attached hydrogens (tertiary/aromatic N) is 1. The number of halogens is 2. The highest BCUT2D eigenvalue weighted by atomic mass is 79.9. The third-order valence-electron chi connectivity index (χ3n) is 3.16. The lowest BCUT2D eigenvalue weighted by Gasteiger charge is -2.08. The molecule has 0 spiro atoms. The Hall–Kier alpha value is -1.38. The van der Waals surface area contributed by atoms with Crippen molar-refractivity contribution in [2.45, 2.75) is 5.33 Å². The molecule has 0 aliphatic rings. The molecule has 0 fully saturated rings. The maximum absolute atomic E-state index is 5.94. The molecular formula is C16H11BrClN. The molecule has 0 unspecified atom stereocenters. The summed E-state index contributed by atoms with van der Waals surface area (Å²) >= 11 is 9.47. The monoisotopic (exact) mass is 331 g/mol. The zero-order valence-corrected chi connectivity index (χ0v) is 12.4. The summed E-state index contributed by atoms with van der Waals surface area (Å²) in [7, 11) is 0. The van der Waals surface area contributed by atoms with Crippen molar-refractivity contribution in [3.05, 3.63) is 65.3 Å². The second-order valence-corrected chi connectivity index (χ2v) is 5.31. The minimum Gasteiger partial charge on any atom is -0.256 e. The number of hydrogen-bond donors (Lipinski definition) is 0. The molecule has 2 aromatic carbocycles. The van der Waals surface area contributed by atoms with Crippen molar-refractivity contribution in [1.82, 2.24) is 4.98 Å². The molecule has 1 aromatic heterocycles. The first-order valence-electron chi connectivity index (χ1n) is 5.98. The molecule has 0 aliphatic heterocycles. The Balaban J connectivity index is 2.27. The number of hydrogen-bond acceptors (Lipinski definition) is 1. The number of rotatable bonds is 2. The molecule has 0 saturated heterocycles. The zero-order valence-electron chi connectivity index (χ0n) is 10.1. The second kappa shape index (κ2) is 5.32. The Bertz CT molecular complexity index is 722. The van der Waals surface area contributed by atoms with Crippen LogP contribution in [-0.4, -0.2) is 4.98 Å². The first-order chi connectivity index (χ1) is 9.29. The van der Waals surface area contributed by atoms with E-state index >= 15 is 0 Å². The van der Waals surface area contributed by atoms with Gasteiger partial charge in [0.25, 0.3) is 0 Å². The first-order valence-corrected chi connectivity index (χ1v) is 7.48. The molecule has 3 heteroatoms. The third kappa shape index (κ3) is 2.38. The van der Waals surface area contributed by atoms with Crippen LogP contribution in [0.3, 0.4) is 0 Å². The fourth-order valence-corrected chi connectivity index (χ4v) is 2.84. The molecule has 1 nitrogen and oxygen atoms in total. The van der Waals surface area contributed by atoms with Gasteiger partial charge in [0.1, 0.15) is 0 Å². The van der Waals surface area contributed by atoms with Gasteiger partial charge in [-0.15, -0.1) is 0 Å². The quantitative estimate of drug-likeness (QED) is 0.569. The maximum Gasteiger partial charge on any atom is 0.0780 e. The minimum absolute atomic E-state index is 0.741. The highest BCUT2D eigenvalue weighted by molar-refractivity contribution is 9.08. The van der Waals surface area contributed by atoms with Crippen LogP contribution in [0.25, 0.3) is 22.0 Å². The van der Waals surface area contributed by atoms with Gasteiger partial charge in [0.2, 0.25) is 0 Å². The summed E-state index contributed by atoms with van der Waals surface area (Å²) in [4.78, 5) is 4.52. The summed E-state index contributed by atoms with van der Waals surface area (Å²) in [5, 5.41) is 3.99. The van der Waals surface area contributed by atoms with Crippen LogP contribution in [-0.2, 0) is 5.33 Å². The van der Waals surface area contributed by atoms with Gasteiger partial charge < -0.3 is 0 Å². The molecule has 1 heterocycles. The molecule has 3 aromatic rings. The molecule has 19 heavy (non-hydrogen) atoms. The van der Waals surface area contributed by atoms with Gasteiger partial charge in [0.05, 0.1) is 5.69 Å². The Morgan fingerprint density at radius 1 is 0.947 bits per heavy atom. The van der Waals surface area contributed by atoms with E-state index in [0.29, 0.717) is 0 Å². The topological polar surface area (TPSA) is 12.9 Å².